The Morgan fingerprint density at radius 1 is 1.00 bits per heavy atom. The fraction of sp³-hybridized carbons (Fsp3) is 0.167. The van der Waals surface area contributed by atoms with Gasteiger partial charge in [-0.25, -0.2) is 5.10 Å². The number of nitrogens with one attached hydrogen (secondary N) is 1. The van der Waals surface area contributed by atoms with Gasteiger partial charge in [0.25, 0.3) is 0 Å². The first-order valence-corrected chi connectivity index (χ1v) is 8.15. The van der Waals surface area contributed by atoms with Crippen molar-refractivity contribution in [1.82, 2.24) is 14.9 Å². The third kappa shape index (κ3) is 3.60. The minimum atomic E-state index is 0.396. The van der Waals surface area contributed by atoms with E-state index in [4.69, 9.17) is 26.4 Å². The summed E-state index contributed by atoms with van der Waals surface area (Å²) in [5.74, 6) is 2.66. The van der Waals surface area contributed by atoms with Crippen LogP contribution in [0.4, 0.5) is 0 Å². The number of nitrogens with zero attached hydrogens (tertiary/aromatic N) is 3. The minimum Gasteiger partial charge on any atom is -0.497 e. The van der Waals surface area contributed by atoms with Gasteiger partial charge in [0.1, 0.15) is 5.75 Å². The second-order valence-electron chi connectivity index (χ2n) is 5.25. The number of aromatic amines is 1. The molecule has 0 saturated carbocycles. The first-order valence-electron chi connectivity index (χ1n) is 7.74. The minimum absolute atomic E-state index is 0.396. The smallest absolute Gasteiger partial charge is 0.216 e. The fourth-order valence-electron chi connectivity index (χ4n) is 2.38. The van der Waals surface area contributed by atoms with Gasteiger partial charge < -0.3 is 14.2 Å². The molecule has 1 aromatic heterocycles. The number of H-pyrrole nitrogens is 1. The Balaban J connectivity index is 1.94. The molecule has 3 rings (SSSR count). The van der Waals surface area contributed by atoms with Crippen molar-refractivity contribution < 1.29 is 14.2 Å². The lowest BCUT2D eigenvalue weighted by atomic mass is 10.2. The zero-order valence-electron chi connectivity index (χ0n) is 14.6. The van der Waals surface area contributed by atoms with E-state index in [0.29, 0.717) is 22.1 Å². The normalized spacial score (nSPS) is 10.9. The fourth-order valence-corrected chi connectivity index (χ4v) is 2.56. The molecule has 0 unspecified atom stereocenters. The molecule has 0 bridgehead atoms. The highest BCUT2D eigenvalue weighted by Gasteiger charge is 2.09. The molecule has 7 nitrogen and oxygen atoms in total. The average molecular weight is 370 g/mol. The summed E-state index contributed by atoms with van der Waals surface area (Å²) in [5.41, 5.74) is 1.70. The summed E-state index contributed by atoms with van der Waals surface area (Å²) in [6.45, 7) is 0. The van der Waals surface area contributed by atoms with Crippen molar-refractivity contribution in [2.75, 3.05) is 21.3 Å². The van der Waals surface area contributed by atoms with Gasteiger partial charge in [-0.15, -0.1) is 0 Å². The monoisotopic (exact) mass is 370 g/mol. The summed E-state index contributed by atoms with van der Waals surface area (Å²) in [5, 5.41) is 11.5. The number of benzene rings is 2. The van der Waals surface area contributed by atoms with Crippen LogP contribution >= 0.6 is 12.2 Å². The summed E-state index contributed by atoms with van der Waals surface area (Å²) in [6, 6.07) is 13.0. The second-order valence-corrected chi connectivity index (χ2v) is 5.64. The maximum atomic E-state index is 5.31. The van der Waals surface area contributed by atoms with Crippen LogP contribution in [0.5, 0.6) is 17.2 Å². The topological polar surface area (TPSA) is 73.7 Å². The Hall–Kier alpha value is -3.13. The maximum Gasteiger partial charge on any atom is 0.216 e. The highest BCUT2D eigenvalue weighted by atomic mass is 32.1. The van der Waals surface area contributed by atoms with E-state index in [2.05, 4.69) is 15.3 Å². The number of rotatable bonds is 6. The highest BCUT2D eigenvalue weighted by Crippen LogP contribution is 2.27. The largest absolute Gasteiger partial charge is 0.497 e. The van der Waals surface area contributed by atoms with Crippen molar-refractivity contribution >= 4 is 18.4 Å². The molecule has 1 N–H and O–H groups in total. The van der Waals surface area contributed by atoms with Crippen molar-refractivity contribution in [1.29, 1.82) is 0 Å². The van der Waals surface area contributed by atoms with Crippen LogP contribution in [-0.4, -0.2) is 42.4 Å². The molecule has 0 amide bonds. The van der Waals surface area contributed by atoms with Gasteiger partial charge in [0.05, 0.1) is 27.5 Å². The van der Waals surface area contributed by atoms with E-state index in [-0.39, 0.29) is 0 Å². The molecule has 0 aliphatic carbocycles. The van der Waals surface area contributed by atoms with Crippen LogP contribution in [-0.2, 0) is 0 Å². The summed E-state index contributed by atoms with van der Waals surface area (Å²) in [6.07, 6.45) is 1.68. The molecule has 0 fully saturated rings. The van der Waals surface area contributed by atoms with Crippen LogP contribution in [0, 0.1) is 4.77 Å². The lowest BCUT2D eigenvalue weighted by molar-refractivity contribution is 0.355. The van der Waals surface area contributed by atoms with Gasteiger partial charge in [-0.3, -0.25) is 0 Å². The molecule has 3 aromatic rings. The predicted octanol–water partition coefficient (Wildman–Crippen LogP) is 3.52. The number of hydrogen-bond donors (Lipinski definition) is 1. The Kier molecular flexibility index (Phi) is 5.33. The molecule has 0 spiro atoms. The molecule has 0 aliphatic heterocycles. The molecular weight excluding hydrogens is 352 g/mol. The van der Waals surface area contributed by atoms with E-state index in [9.17, 15) is 0 Å². The molecule has 0 saturated heterocycles. The first-order chi connectivity index (χ1) is 12.7. The van der Waals surface area contributed by atoms with E-state index in [0.717, 1.165) is 16.9 Å². The van der Waals surface area contributed by atoms with Crippen LogP contribution in [0.2, 0.25) is 0 Å². The Morgan fingerprint density at radius 3 is 2.38 bits per heavy atom. The summed E-state index contributed by atoms with van der Waals surface area (Å²) in [7, 11) is 4.81. The SMILES string of the molecule is COc1ccc(-c2n[nH]c(=S)n2N=Cc2ccc(OC)c(OC)c2)cc1. The van der Waals surface area contributed by atoms with Gasteiger partial charge in [0.2, 0.25) is 4.77 Å². The van der Waals surface area contributed by atoms with E-state index in [1.54, 1.807) is 32.2 Å². The first kappa shape index (κ1) is 17.7. The molecule has 0 atom stereocenters. The van der Waals surface area contributed by atoms with E-state index < -0.39 is 0 Å². The summed E-state index contributed by atoms with van der Waals surface area (Å²) < 4.78 is 17.7. The quantitative estimate of drug-likeness (QED) is 0.531. The average Bonchev–Trinajstić information content (AvgIpc) is 3.06. The third-order valence-corrected chi connectivity index (χ3v) is 3.99. The lowest BCUT2D eigenvalue weighted by Crippen LogP contribution is -1.96. The molecule has 8 heteroatoms. The molecule has 2 aromatic carbocycles. The molecule has 0 aliphatic rings. The van der Waals surface area contributed by atoms with E-state index >= 15 is 0 Å². The van der Waals surface area contributed by atoms with Gasteiger partial charge in [-0.05, 0) is 60.2 Å². The third-order valence-electron chi connectivity index (χ3n) is 3.73. The molecule has 0 radical (unpaired) electrons. The van der Waals surface area contributed by atoms with Gasteiger partial charge >= 0.3 is 0 Å². The Labute approximate surface area is 155 Å². The summed E-state index contributed by atoms with van der Waals surface area (Å²) >= 11 is 5.29. The van der Waals surface area contributed by atoms with Gasteiger partial charge in [0.15, 0.2) is 17.3 Å². The van der Waals surface area contributed by atoms with Gasteiger partial charge in [-0.1, -0.05) is 0 Å². The Bertz CT molecular complexity index is 977. The van der Waals surface area contributed by atoms with E-state index in [1.165, 1.54) is 0 Å². The predicted molar refractivity (Wildman–Crippen MR) is 102 cm³/mol. The molecular formula is C18H18N4O3S. The van der Waals surface area contributed by atoms with Crippen LogP contribution in [0.1, 0.15) is 5.56 Å². The van der Waals surface area contributed by atoms with Crippen LogP contribution in [0.25, 0.3) is 11.4 Å². The van der Waals surface area contributed by atoms with Crippen molar-refractivity contribution in [3.8, 4) is 28.6 Å². The van der Waals surface area contributed by atoms with Crippen LogP contribution < -0.4 is 14.2 Å². The number of methoxy groups -OCH3 is 3. The zero-order valence-corrected chi connectivity index (χ0v) is 15.4. The van der Waals surface area contributed by atoms with Crippen molar-refractivity contribution in [2.45, 2.75) is 0 Å². The molecule has 26 heavy (non-hydrogen) atoms. The summed E-state index contributed by atoms with van der Waals surface area (Å²) in [4.78, 5) is 0. The zero-order chi connectivity index (χ0) is 18.5. The van der Waals surface area contributed by atoms with Crippen molar-refractivity contribution in [3.63, 3.8) is 0 Å². The second kappa shape index (κ2) is 7.83. The number of ether oxygens (including phenoxy) is 3. The van der Waals surface area contributed by atoms with Crippen LogP contribution in [0.3, 0.4) is 0 Å². The molecule has 1 heterocycles. The Morgan fingerprint density at radius 2 is 1.73 bits per heavy atom. The molecule has 134 valence electrons. The van der Waals surface area contributed by atoms with E-state index in [1.807, 2.05) is 42.5 Å². The van der Waals surface area contributed by atoms with Gasteiger partial charge in [0, 0.05) is 5.56 Å². The van der Waals surface area contributed by atoms with Crippen LogP contribution in [0.15, 0.2) is 47.6 Å². The highest BCUT2D eigenvalue weighted by molar-refractivity contribution is 7.71. The maximum absolute atomic E-state index is 5.31. The lowest BCUT2D eigenvalue weighted by Gasteiger charge is -2.07. The van der Waals surface area contributed by atoms with Crippen molar-refractivity contribution in [2.24, 2.45) is 5.10 Å². The number of aromatic nitrogens is 3. The number of hydrogen-bond acceptors (Lipinski definition) is 6. The van der Waals surface area contributed by atoms with Gasteiger partial charge in [-0.2, -0.15) is 14.9 Å². The standard InChI is InChI=1S/C18H18N4O3S/c1-23-14-7-5-13(6-8-14)17-20-21-18(26)22(17)19-11-12-4-9-15(24-2)16(10-12)25-3/h4-11H,1-3H3,(H,21,26). The van der Waals surface area contributed by atoms with Crippen molar-refractivity contribution in [3.05, 3.63) is 52.8 Å².